The zero-order valence-corrected chi connectivity index (χ0v) is 15.4. The summed E-state index contributed by atoms with van der Waals surface area (Å²) in [6.45, 7) is 4.83. The molecule has 1 aromatic carbocycles. The highest BCUT2D eigenvalue weighted by Gasteiger charge is 2.36. The lowest BCUT2D eigenvalue weighted by atomic mass is 9.84. The Morgan fingerprint density at radius 2 is 1.42 bits per heavy atom. The van der Waals surface area contributed by atoms with Crippen LogP contribution in [0.15, 0.2) is 42.7 Å². The van der Waals surface area contributed by atoms with Gasteiger partial charge in [0, 0.05) is 38.1 Å². The van der Waals surface area contributed by atoms with Gasteiger partial charge in [-0.1, -0.05) is 24.3 Å². The zero-order chi connectivity index (χ0) is 17.3. The van der Waals surface area contributed by atoms with Crippen molar-refractivity contribution < 1.29 is 0 Å². The van der Waals surface area contributed by atoms with E-state index in [1.54, 1.807) is 11.1 Å². The molecule has 0 N–H and O–H groups in total. The van der Waals surface area contributed by atoms with Crippen molar-refractivity contribution in [1.82, 2.24) is 14.9 Å². The van der Waals surface area contributed by atoms with Gasteiger partial charge < -0.3 is 4.90 Å². The molecule has 4 nitrogen and oxygen atoms in total. The lowest BCUT2D eigenvalue weighted by molar-refractivity contribution is 0.214. The minimum atomic E-state index is 0.746. The number of rotatable bonds is 3. The van der Waals surface area contributed by atoms with Gasteiger partial charge in [-0.15, -0.1) is 0 Å². The van der Waals surface area contributed by atoms with Crippen LogP contribution in [-0.4, -0.2) is 47.1 Å². The summed E-state index contributed by atoms with van der Waals surface area (Å²) >= 11 is 0. The number of fused-ring (bicyclic) bond motifs is 1. The van der Waals surface area contributed by atoms with E-state index in [9.17, 15) is 0 Å². The predicted molar refractivity (Wildman–Crippen MR) is 104 cm³/mol. The molecule has 136 valence electrons. The van der Waals surface area contributed by atoms with Crippen molar-refractivity contribution in [2.75, 3.05) is 31.1 Å². The Morgan fingerprint density at radius 3 is 2.12 bits per heavy atom. The molecule has 1 aliphatic carbocycles. The van der Waals surface area contributed by atoms with Crippen LogP contribution in [0.2, 0.25) is 0 Å². The summed E-state index contributed by atoms with van der Waals surface area (Å²) in [6, 6.07) is 11.7. The van der Waals surface area contributed by atoms with Crippen LogP contribution in [0, 0.1) is 11.8 Å². The van der Waals surface area contributed by atoms with Gasteiger partial charge >= 0.3 is 0 Å². The number of benzene rings is 1. The number of likely N-dealkylation sites (tertiary alicyclic amines) is 1. The number of nitrogens with zero attached hydrogens (tertiary/aromatic N) is 4. The molecule has 2 saturated heterocycles. The fourth-order valence-corrected chi connectivity index (χ4v) is 5.35. The summed E-state index contributed by atoms with van der Waals surface area (Å²) in [5, 5.41) is 0. The van der Waals surface area contributed by atoms with Crippen LogP contribution in [0.1, 0.15) is 30.4 Å². The summed E-state index contributed by atoms with van der Waals surface area (Å²) in [7, 11) is 0. The van der Waals surface area contributed by atoms with Crippen LogP contribution >= 0.6 is 0 Å². The van der Waals surface area contributed by atoms with E-state index in [-0.39, 0.29) is 0 Å². The average Bonchev–Trinajstić information content (AvgIpc) is 3.36. The number of piperidine rings is 1. The number of hydrogen-bond donors (Lipinski definition) is 0. The highest BCUT2D eigenvalue weighted by atomic mass is 15.2. The lowest BCUT2D eigenvalue weighted by Crippen LogP contribution is -2.39. The van der Waals surface area contributed by atoms with E-state index in [4.69, 9.17) is 0 Å². The Labute approximate surface area is 156 Å². The van der Waals surface area contributed by atoms with E-state index in [1.807, 2.05) is 18.5 Å². The van der Waals surface area contributed by atoms with Gasteiger partial charge in [0.05, 0.1) is 0 Å². The van der Waals surface area contributed by atoms with Crippen molar-refractivity contribution in [2.24, 2.45) is 11.8 Å². The molecule has 0 spiro atoms. The minimum absolute atomic E-state index is 0.746. The zero-order valence-electron chi connectivity index (χ0n) is 15.4. The molecule has 1 atom stereocenters. The van der Waals surface area contributed by atoms with E-state index in [0.29, 0.717) is 0 Å². The highest BCUT2D eigenvalue weighted by Crippen LogP contribution is 2.35. The SMILES string of the molecule is c1cnc(N2CCC([C@H]3CCN(C4Cc5ccccc5C4)C3)CC2)nc1. The Hall–Kier alpha value is -1.94. The third-order valence-corrected chi connectivity index (χ3v) is 6.84. The summed E-state index contributed by atoms with van der Waals surface area (Å²) < 4.78 is 0. The van der Waals surface area contributed by atoms with Gasteiger partial charge in [-0.3, -0.25) is 4.90 Å². The second-order valence-electron chi connectivity index (χ2n) is 8.25. The summed E-state index contributed by atoms with van der Waals surface area (Å²) in [6.07, 6.45) is 10.2. The van der Waals surface area contributed by atoms with Crippen molar-refractivity contribution in [3.8, 4) is 0 Å². The Balaban J connectivity index is 1.15. The smallest absolute Gasteiger partial charge is 0.225 e. The first-order valence-corrected chi connectivity index (χ1v) is 10.2. The van der Waals surface area contributed by atoms with Crippen LogP contribution in [0.4, 0.5) is 5.95 Å². The van der Waals surface area contributed by atoms with E-state index < -0.39 is 0 Å². The third-order valence-electron chi connectivity index (χ3n) is 6.84. The number of hydrogen-bond acceptors (Lipinski definition) is 4. The number of anilines is 1. The molecule has 0 unspecified atom stereocenters. The fourth-order valence-electron chi connectivity index (χ4n) is 5.35. The maximum absolute atomic E-state index is 4.42. The molecular formula is C22H28N4. The van der Waals surface area contributed by atoms with Gasteiger partial charge in [0.1, 0.15) is 0 Å². The van der Waals surface area contributed by atoms with E-state index in [2.05, 4.69) is 44.0 Å². The van der Waals surface area contributed by atoms with Crippen LogP contribution < -0.4 is 4.90 Å². The minimum Gasteiger partial charge on any atom is -0.341 e. The van der Waals surface area contributed by atoms with Gasteiger partial charge in [0.25, 0.3) is 0 Å². The monoisotopic (exact) mass is 348 g/mol. The molecule has 26 heavy (non-hydrogen) atoms. The first-order chi connectivity index (χ1) is 12.9. The Kier molecular flexibility index (Phi) is 4.37. The molecule has 2 aromatic rings. The van der Waals surface area contributed by atoms with E-state index in [0.717, 1.165) is 36.9 Å². The molecule has 0 bridgehead atoms. The fraction of sp³-hybridized carbons (Fsp3) is 0.545. The molecule has 4 heteroatoms. The highest BCUT2D eigenvalue weighted by molar-refractivity contribution is 5.33. The van der Waals surface area contributed by atoms with Crippen molar-refractivity contribution in [1.29, 1.82) is 0 Å². The normalized spacial score (nSPS) is 24.9. The van der Waals surface area contributed by atoms with Crippen molar-refractivity contribution in [3.05, 3.63) is 53.9 Å². The second kappa shape index (κ2) is 6.99. The van der Waals surface area contributed by atoms with Crippen LogP contribution in [0.3, 0.4) is 0 Å². The molecule has 2 fully saturated rings. The molecule has 3 heterocycles. The number of aromatic nitrogens is 2. The molecule has 3 aliphatic rings. The van der Waals surface area contributed by atoms with Gasteiger partial charge in [0.15, 0.2) is 0 Å². The van der Waals surface area contributed by atoms with Gasteiger partial charge in [-0.05, 0) is 67.7 Å². The maximum Gasteiger partial charge on any atom is 0.225 e. The topological polar surface area (TPSA) is 32.3 Å². The lowest BCUT2D eigenvalue weighted by Gasteiger charge is -2.35. The first kappa shape index (κ1) is 16.2. The molecule has 1 aromatic heterocycles. The van der Waals surface area contributed by atoms with Gasteiger partial charge in [0.2, 0.25) is 5.95 Å². The first-order valence-electron chi connectivity index (χ1n) is 10.2. The molecule has 0 radical (unpaired) electrons. The second-order valence-corrected chi connectivity index (χ2v) is 8.25. The van der Waals surface area contributed by atoms with Crippen LogP contribution in [0.5, 0.6) is 0 Å². The quantitative estimate of drug-likeness (QED) is 0.853. The van der Waals surface area contributed by atoms with E-state index in [1.165, 1.54) is 45.2 Å². The summed E-state index contributed by atoms with van der Waals surface area (Å²) in [5.41, 5.74) is 3.16. The maximum atomic E-state index is 4.42. The molecule has 0 amide bonds. The van der Waals surface area contributed by atoms with E-state index >= 15 is 0 Å². The third kappa shape index (κ3) is 3.11. The van der Waals surface area contributed by atoms with Gasteiger partial charge in [-0.2, -0.15) is 0 Å². The standard InChI is InChI=1S/C22H28N4/c1-2-5-19-15-21(14-18(19)4-1)26-13-8-20(16-26)17-6-11-25(12-7-17)22-23-9-3-10-24-22/h1-5,9-10,17,20-21H,6-8,11-16H2/t20-/m0/s1. The average molecular weight is 348 g/mol. The largest absolute Gasteiger partial charge is 0.341 e. The molecule has 0 saturated carbocycles. The molecular weight excluding hydrogens is 320 g/mol. The molecule has 5 rings (SSSR count). The Bertz CT molecular complexity index is 714. The summed E-state index contributed by atoms with van der Waals surface area (Å²) in [5.74, 6) is 2.67. The predicted octanol–water partition coefficient (Wildman–Crippen LogP) is 3.18. The van der Waals surface area contributed by atoms with Crippen molar-refractivity contribution in [2.45, 2.75) is 38.1 Å². The molecule has 2 aliphatic heterocycles. The van der Waals surface area contributed by atoms with Crippen molar-refractivity contribution >= 4 is 5.95 Å². The summed E-state index contributed by atoms with van der Waals surface area (Å²) in [4.78, 5) is 14.0. The Morgan fingerprint density at radius 1 is 0.769 bits per heavy atom. The van der Waals surface area contributed by atoms with Crippen LogP contribution in [-0.2, 0) is 12.8 Å². The van der Waals surface area contributed by atoms with Gasteiger partial charge in [-0.25, -0.2) is 9.97 Å². The van der Waals surface area contributed by atoms with Crippen LogP contribution in [0.25, 0.3) is 0 Å². The van der Waals surface area contributed by atoms with Crippen molar-refractivity contribution in [3.63, 3.8) is 0 Å².